The summed E-state index contributed by atoms with van der Waals surface area (Å²) in [6.45, 7) is 1.91. The van der Waals surface area contributed by atoms with E-state index in [0.717, 1.165) is 5.39 Å². The molecular formula is C23H21ClN4O4. The predicted octanol–water partition coefficient (Wildman–Crippen LogP) is 3.74. The third-order valence-electron chi connectivity index (χ3n) is 5.32. The van der Waals surface area contributed by atoms with Crippen molar-refractivity contribution in [2.45, 2.75) is 26.0 Å². The average Bonchev–Trinajstić information content (AvgIpc) is 3.04. The van der Waals surface area contributed by atoms with E-state index < -0.39 is 12.2 Å². The molecule has 0 saturated heterocycles. The number of pyridine rings is 2. The lowest BCUT2D eigenvalue weighted by Gasteiger charge is -2.24. The van der Waals surface area contributed by atoms with Gasteiger partial charge >= 0.3 is 5.97 Å². The van der Waals surface area contributed by atoms with E-state index in [4.69, 9.17) is 16.3 Å². The molecule has 0 radical (unpaired) electrons. The molecule has 0 fully saturated rings. The number of esters is 1. The topological polar surface area (TPSA) is 92.7 Å². The maximum Gasteiger partial charge on any atom is 0.308 e. The van der Waals surface area contributed by atoms with Gasteiger partial charge in [0, 0.05) is 43.5 Å². The van der Waals surface area contributed by atoms with Crippen molar-refractivity contribution in [2.75, 3.05) is 18.5 Å². The van der Waals surface area contributed by atoms with Gasteiger partial charge in [-0.3, -0.25) is 19.3 Å². The molecule has 4 rings (SSSR count). The zero-order valence-electron chi connectivity index (χ0n) is 17.6. The Balaban J connectivity index is 1.60. The Morgan fingerprint density at radius 3 is 2.66 bits per heavy atom. The van der Waals surface area contributed by atoms with Gasteiger partial charge in [0.15, 0.2) is 5.65 Å². The number of rotatable bonds is 6. The SMILES string of the molecule is CC(=O)N(C)CCCC(=O)OC1c2ccccc2C(=O)N1c1ccc2ccc(Cl)nc2n1. The van der Waals surface area contributed by atoms with Gasteiger partial charge in [-0.05, 0) is 36.8 Å². The van der Waals surface area contributed by atoms with Crippen LogP contribution in [0.5, 0.6) is 0 Å². The van der Waals surface area contributed by atoms with Crippen LogP contribution >= 0.6 is 11.6 Å². The lowest BCUT2D eigenvalue weighted by atomic mass is 10.1. The summed E-state index contributed by atoms with van der Waals surface area (Å²) in [6.07, 6.45) is -0.380. The predicted molar refractivity (Wildman–Crippen MR) is 119 cm³/mol. The van der Waals surface area contributed by atoms with Crippen LogP contribution in [-0.4, -0.2) is 46.2 Å². The maximum absolute atomic E-state index is 13.2. The van der Waals surface area contributed by atoms with Gasteiger partial charge in [-0.1, -0.05) is 29.8 Å². The molecule has 0 N–H and O–H groups in total. The number of hydrogen-bond donors (Lipinski definition) is 0. The second-order valence-electron chi connectivity index (χ2n) is 7.50. The van der Waals surface area contributed by atoms with Gasteiger partial charge in [0.25, 0.3) is 5.91 Å². The number of carbonyl (C=O) groups is 3. The monoisotopic (exact) mass is 452 g/mol. The van der Waals surface area contributed by atoms with E-state index >= 15 is 0 Å². The highest BCUT2D eigenvalue weighted by Crippen LogP contribution is 2.38. The van der Waals surface area contributed by atoms with Crippen LogP contribution in [0, 0.1) is 0 Å². The number of nitrogens with zero attached hydrogens (tertiary/aromatic N) is 4. The fourth-order valence-corrected chi connectivity index (χ4v) is 3.67. The Morgan fingerprint density at radius 1 is 1.12 bits per heavy atom. The number of anilines is 1. The molecule has 9 heteroatoms. The van der Waals surface area contributed by atoms with E-state index in [0.29, 0.717) is 35.6 Å². The smallest absolute Gasteiger partial charge is 0.308 e. The summed E-state index contributed by atoms with van der Waals surface area (Å²) in [5.41, 5.74) is 1.42. The normalized spacial score (nSPS) is 15.0. The van der Waals surface area contributed by atoms with E-state index in [9.17, 15) is 14.4 Å². The van der Waals surface area contributed by atoms with Crippen LogP contribution in [0.25, 0.3) is 11.0 Å². The first kappa shape index (κ1) is 21.7. The molecule has 0 spiro atoms. The van der Waals surface area contributed by atoms with Crippen molar-refractivity contribution >= 4 is 46.2 Å². The summed E-state index contributed by atoms with van der Waals surface area (Å²) in [5, 5.41) is 1.06. The zero-order chi connectivity index (χ0) is 22.8. The Morgan fingerprint density at radius 2 is 1.88 bits per heavy atom. The summed E-state index contributed by atoms with van der Waals surface area (Å²) in [4.78, 5) is 48.7. The van der Waals surface area contributed by atoms with E-state index in [2.05, 4.69) is 9.97 Å². The summed E-state index contributed by atoms with van der Waals surface area (Å²) >= 11 is 5.99. The van der Waals surface area contributed by atoms with Gasteiger partial charge in [-0.15, -0.1) is 0 Å². The van der Waals surface area contributed by atoms with Gasteiger partial charge in [0.05, 0.1) is 0 Å². The molecule has 0 bridgehead atoms. The van der Waals surface area contributed by atoms with Crippen molar-refractivity contribution in [1.82, 2.24) is 14.9 Å². The number of carbonyl (C=O) groups excluding carboxylic acids is 3. The van der Waals surface area contributed by atoms with Gasteiger partial charge < -0.3 is 9.64 Å². The highest BCUT2D eigenvalue weighted by molar-refractivity contribution is 6.29. The number of aromatic nitrogens is 2. The minimum Gasteiger partial charge on any atom is -0.437 e. The minimum absolute atomic E-state index is 0.0732. The molecule has 8 nitrogen and oxygen atoms in total. The van der Waals surface area contributed by atoms with Crippen LogP contribution in [0.1, 0.15) is 41.9 Å². The van der Waals surface area contributed by atoms with Gasteiger partial charge in [0.2, 0.25) is 12.1 Å². The fourth-order valence-electron chi connectivity index (χ4n) is 3.52. The average molecular weight is 453 g/mol. The van der Waals surface area contributed by atoms with Crippen LogP contribution in [0.2, 0.25) is 5.15 Å². The highest BCUT2D eigenvalue weighted by Gasteiger charge is 2.40. The van der Waals surface area contributed by atoms with Crippen molar-refractivity contribution in [3.63, 3.8) is 0 Å². The number of fused-ring (bicyclic) bond motifs is 2. The Kier molecular flexibility index (Phi) is 6.05. The Hall–Kier alpha value is -3.52. The first-order chi connectivity index (χ1) is 15.3. The quantitative estimate of drug-likeness (QED) is 0.418. The minimum atomic E-state index is -0.944. The van der Waals surface area contributed by atoms with Crippen LogP contribution in [0.15, 0.2) is 48.5 Å². The molecular weight excluding hydrogens is 432 g/mol. The number of amides is 2. The molecule has 3 heterocycles. The standard InChI is InChI=1S/C23H21ClN4O4/c1-14(29)27(2)13-5-8-20(30)32-23-17-7-4-3-6-16(17)22(31)28(23)19-12-10-15-9-11-18(24)25-21(15)26-19/h3-4,6-7,9-12,23H,5,8,13H2,1-2H3. The second kappa shape index (κ2) is 8.92. The molecule has 2 amide bonds. The fraction of sp³-hybridized carbons (Fsp3) is 0.261. The molecule has 3 aromatic rings. The van der Waals surface area contributed by atoms with Gasteiger partial charge in [0.1, 0.15) is 11.0 Å². The lowest BCUT2D eigenvalue weighted by Crippen LogP contribution is -2.32. The molecule has 1 aliphatic rings. The largest absolute Gasteiger partial charge is 0.437 e. The van der Waals surface area contributed by atoms with Crippen molar-refractivity contribution in [2.24, 2.45) is 0 Å². The van der Waals surface area contributed by atoms with E-state index in [1.54, 1.807) is 55.6 Å². The molecule has 1 unspecified atom stereocenters. The summed E-state index contributed by atoms with van der Waals surface area (Å²) < 4.78 is 5.73. The first-order valence-electron chi connectivity index (χ1n) is 10.1. The third-order valence-corrected chi connectivity index (χ3v) is 5.53. The summed E-state index contributed by atoms with van der Waals surface area (Å²) in [7, 11) is 1.67. The molecule has 0 saturated carbocycles. The highest BCUT2D eigenvalue weighted by atomic mass is 35.5. The number of ether oxygens (including phenoxy) is 1. The molecule has 164 valence electrons. The van der Waals surface area contributed by atoms with Gasteiger partial charge in [-0.25, -0.2) is 9.97 Å². The number of halogens is 1. The number of benzene rings is 1. The maximum atomic E-state index is 13.2. The third kappa shape index (κ3) is 4.27. The van der Waals surface area contributed by atoms with Crippen molar-refractivity contribution in [1.29, 1.82) is 0 Å². The molecule has 2 aromatic heterocycles. The Labute approximate surface area is 189 Å². The van der Waals surface area contributed by atoms with E-state index in [1.807, 2.05) is 0 Å². The van der Waals surface area contributed by atoms with Crippen LogP contribution in [0.4, 0.5) is 5.82 Å². The molecule has 1 atom stereocenters. The number of hydrogen-bond acceptors (Lipinski definition) is 6. The lowest BCUT2D eigenvalue weighted by molar-refractivity contribution is -0.149. The van der Waals surface area contributed by atoms with Crippen LogP contribution in [-0.2, 0) is 14.3 Å². The van der Waals surface area contributed by atoms with Crippen LogP contribution < -0.4 is 4.90 Å². The van der Waals surface area contributed by atoms with Crippen molar-refractivity contribution in [3.8, 4) is 0 Å². The zero-order valence-corrected chi connectivity index (χ0v) is 18.4. The van der Waals surface area contributed by atoms with E-state index in [-0.39, 0.29) is 23.4 Å². The second-order valence-corrected chi connectivity index (χ2v) is 7.89. The molecule has 1 aromatic carbocycles. The van der Waals surface area contributed by atoms with Crippen LogP contribution in [0.3, 0.4) is 0 Å². The summed E-state index contributed by atoms with van der Waals surface area (Å²) in [6, 6.07) is 13.9. The van der Waals surface area contributed by atoms with Gasteiger partial charge in [-0.2, -0.15) is 0 Å². The summed E-state index contributed by atoms with van der Waals surface area (Å²) in [5.74, 6) is -0.550. The van der Waals surface area contributed by atoms with E-state index in [1.165, 1.54) is 16.7 Å². The first-order valence-corrected chi connectivity index (χ1v) is 10.5. The van der Waals surface area contributed by atoms with Crippen molar-refractivity contribution in [3.05, 3.63) is 64.8 Å². The van der Waals surface area contributed by atoms with Crippen molar-refractivity contribution < 1.29 is 19.1 Å². The molecule has 1 aliphatic heterocycles. The molecule has 0 aliphatic carbocycles. The molecule has 32 heavy (non-hydrogen) atoms. The Bertz CT molecular complexity index is 1220.